The smallest absolute Gasteiger partial charge is 0.251 e. The number of hydrogen-bond acceptors (Lipinski definition) is 5. The van der Waals surface area contributed by atoms with E-state index in [1.165, 1.54) is 11.3 Å². The molecule has 0 unspecified atom stereocenters. The monoisotopic (exact) mass is 264 g/mol. The van der Waals surface area contributed by atoms with E-state index in [2.05, 4.69) is 10.3 Å². The van der Waals surface area contributed by atoms with Crippen LogP contribution >= 0.6 is 11.3 Å². The van der Waals surface area contributed by atoms with E-state index in [1.54, 1.807) is 18.2 Å². The number of benzene rings is 1. The second kappa shape index (κ2) is 5.01. The van der Waals surface area contributed by atoms with Crippen molar-refractivity contribution in [3.8, 4) is 0 Å². The standard InChI is InChI=1S/C11H12N4O2S/c12-9(16)3-4-14-10(17)6-1-2-7-8(5-6)18-11(13)15-7/h1-2,5H,3-4H2,(H2,12,16)(H2,13,15)(H,14,17). The van der Waals surface area contributed by atoms with Crippen LogP contribution in [0.5, 0.6) is 0 Å². The molecule has 1 aromatic carbocycles. The van der Waals surface area contributed by atoms with E-state index < -0.39 is 5.91 Å². The normalized spacial score (nSPS) is 10.4. The van der Waals surface area contributed by atoms with Gasteiger partial charge in [-0.25, -0.2) is 4.98 Å². The van der Waals surface area contributed by atoms with Crippen LogP contribution in [0.4, 0.5) is 5.13 Å². The van der Waals surface area contributed by atoms with E-state index in [1.807, 2.05) is 0 Å². The van der Waals surface area contributed by atoms with Crippen LogP contribution in [0.25, 0.3) is 10.2 Å². The number of thiazole rings is 1. The first-order valence-electron chi connectivity index (χ1n) is 5.29. The maximum atomic E-state index is 11.8. The molecular weight excluding hydrogens is 252 g/mol. The number of amides is 2. The Morgan fingerprint density at radius 3 is 2.89 bits per heavy atom. The third-order valence-electron chi connectivity index (χ3n) is 2.32. The largest absolute Gasteiger partial charge is 0.375 e. The highest BCUT2D eigenvalue weighted by atomic mass is 32.1. The first-order chi connectivity index (χ1) is 8.56. The number of nitrogens with two attached hydrogens (primary N) is 2. The predicted octanol–water partition coefficient (Wildman–Crippen LogP) is 0.484. The molecule has 0 spiro atoms. The van der Waals surface area contributed by atoms with Crippen molar-refractivity contribution in [3.63, 3.8) is 0 Å². The van der Waals surface area contributed by atoms with E-state index in [0.29, 0.717) is 10.7 Å². The Balaban J connectivity index is 2.10. The van der Waals surface area contributed by atoms with Gasteiger partial charge >= 0.3 is 0 Å². The Hall–Kier alpha value is -2.15. The van der Waals surface area contributed by atoms with Gasteiger partial charge in [0, 0.05) is 18.5 Å². The number of fused-ring (bicyclic) bond motifs is 1. The lowest BCUT2D eigenvalue weighted by molar-refractivity contribution is -0.117. The predicted molar refractivity (Wildman–Crippen MR) is 70.2 cm³/mol. The van der Waals surface area contributed by atoms with Gasteiger partial charge in [0.1, 0.15) is 0 Å². The zero-order chi connectivity index (χ0) is 13.1. The molecule has 2 amide bonds. The number of nitrogens with one attached hydrogen (secondary N) is 1. The number of nitrogens with zero attached hydrogens (tertiary/aromatic N) is 1. The summed E-state index contributed by atoms with van der Waals surface area (Å²) in [6.45, 7) is 0.233. The van der Waals surface area contributed by atoms with Crippen LogP contribution in [0.1, 0.15) is 16.8 Å². The van der Waals surface area contributed by atoms with Gasteiger partial charge < -0.3 is 16.8 Å². The van der Waals surface area contributed by atoms with E-state index in [-0.39, 0.29) is 18.9 Å². The van der Waals surface area contributed by atoms with Crippen LogP contribution in [-0.4, -0.2) is 23.3 Å². The number of anilines is 1. The van der Waals surface area contributed by atoms with E-state index in [9.17, 15) is 9.59 Å². The van der Waals surface area contributed by atoms with Gasteiger partial charge in [-0.3, -0.25) is 9.59 Å². The fraction of sp³-hybridized carbons (Fsp3) is 0.182. The maximum absolute atomic E-state index is 11.8. The fourth-order valence-corrected chi connectivity index (χ4v) is 2.26. The summed E-state index contributed by atoms with van der Waals surface area (Å²) >= 11 is 1.32. The van der Waals surface area contributed by atoms with Gasteiger partial charge in [-0.15, -0.1) is 0 Å². The molecule has 5 N–H and O–H groups in total. The van der Waals surface area contributed by atoms with Crippen molar-refractivity contribution in [1.82, 2.24) is 10.3 Å². The highest BCUT2D eigenvalue weighted by Gasteiger charge is 2.08. The highest BCUT2D eigenvalue weighted by molar-refractivity contribution is 7.22. The molecule has 2 aromatic rings. The van der Waals surface area contributed by atoms with Gasteiger partial charge in [-0.2, -0.15) is 0 Å². The molecule has 0 aliphatic rings. The lowest BCUT2D eigenvalue weighted by Crippen LogP contribution is -2.27. The fourth-order valence-electron chi connectivity index (χ4n) is 1.48. The molecule has 0 fully saturated rings. The lowest BCUT2D eigenvalue weighted by Gasteiger charge is -2.03. The molecule has 0 aliphatic carbocycles. The SMILES string of the molecule is NC(=O)CCNC(=O)c1ccc2nc(N)sc2c1. The van der Waals surface area contributed by atoms with Crippen molar-refractivity contribution in [1.29, 1.82) is 0 Å². The van der Waals surface area contributed by atoms with Crippen LogP contribution in [0.15, 0.2) is 18.2 Å². The Labute approximate surface area is 107 Å². The van der Waals surface area contributed by atoms with Crippen LogP contribution in [-0.2, 0) is 4.79 Å². The molecule has 1 aromatic heterocycles. The van der Waals surface area contributed by atoms with E-state index in [4.69, 9.17) is 11.5 Å². The van der Waals surface area contributed by atoms with Gasteiger partial charge in [0.15, 0.2) is 5.13 Å². The molecule has 1 heterocycles. The second-order valence-electron chi connectivity index (χ2n) is 3.71. The van der Waals surface area contributed by atoms with Crippen LogP contribution in [0.2, 0.25) is 0 Å². The topological polar surface area (TPSA) is 111 Å². The first kappa shape index (κ1) is 12.3. The molecule has 6 nitrogen and oxygen atoms in total. The molecule has 2 rings (SSSR count). The van der Waals surface area contributed by atoms with Gasteiger partial charge in [0.25, 0.3) is 5.91 Å². The second-order valence-corrected chi connectivity index (χ2v) is 4.77. The van der Waals surface area contributed by atoms with E-state index in [0.717, 1.165) is 10.2 Å². The molecule has 0 bridgehead atoms. The summed E-state index contributed by atoms with van der Waals surface area (Å²) in [4.78, 5) is 26.4. The Morgan fingerprint density at radius 1 is 1.39 bits per heavy atom. The average molecular weight is 264 g/mol. The number of carbonyl (C=O) groups is 2. The van der Waals surface area contributed by atoms with Crippen molar-refractivity contribution in [2.24, 2.45) is 5.73 Å². The van der Waals surface area contributed by atoms with Crippen LogP contribution < -0.4 is 16.8 Å². The Kier molecular flexibility index (Phi) is 3.42. The summed E-state index contributed by atoms with van der Waals surface area (Å²) in [5.41, 5.74) is 11.8. The maximum Gasteiger partial charge on any atom is 0.251 e. The van der Waals surface area contributed by atoms with Crippen molar-refractivity contribution < 1.29 is 9.59 Å². The minimum Gasteiger partial charge on any atom is -0.375 e. The molecule has 94 valence electrons. The van der Waals surface area contributed by atoms with Crippen molar-refractivity contribution in [2.45, 2.75) is 6.42 Å². The zero-order valence-corrected chi connectivity index (χ0v) is 10.3. The molecule has 0 saturated carbocycles. The molecular formula is C11H12N4O2S. The molecule has 0 aliphatic heterocycles. The molecule has 0 atom stereocenters. The summed E-state index contributed by atoms with van der Waals surface area (Å²) in [7, 11) is 0. The van der Waals surface area contributed by atoms with Crippen LogP contribution in [0, 0.1) is 0 Å². The summed E-state index contributed by atoms with van der Waals surface area (Å²) in [5.74, 6) is -0.689. The average Bonchev–Trinajstić information content (AvgIpc) is 2.67. The van der Waals surface area contributed by atoms with Gasteiger partial charge in [0.2, 0.25) is 5.91 Å². The molecule has 18 heavy (non-hydrogen) atoms. The first-order valence-corrected chi connectivity index (χ1v) is 6.10. The summed E-state index contributed by atoms with van der Waals surface area (Å²) in [6.07, 6.45) is 0.126. The highest BCUT2D eigenvalue weighted by Crippen LogP contribution is 2.24. The number of rotatable bonds is 4. The summed E-state index contributed by atoms with van der Waals surface area (Å²) in [5, 5.41) is 3.08. The van der Waals surface area contributed by atoms with Crippen molar-refractivity contribution in [3.05, 3.63) is 23.8 Å². The quantitative estimate of drug-likeness (QED) is 0.745. The number of aromatic nitrogens is 1. The minimum atomic E-state index is -0.444. The number of nitrogen functional groups attached to an aromatic ring is 1. The summed E-state index contributed by atoms with van der Waals surface area (Å²) < 4.78 is 0.857. The van der Waals surface area contributed by atoms with Gasteiger partial charge in [-0.05, 0) is 18.2 Å². The third kappa shape index (κ3) is 2.75. The molecule has 0 radical (unpaired) electrons. The Morgan fingerprint density at radius 2 is 2.17 bits per heavy atom. The third-order valence-corrected chi connectivity index (χ3v) is 3.17. The number of hydrogen-bond donors (Lipinski definition) is 3. The van der Waals surface area contributed by atoms with Crippen molar-refractivity contribution >= 4 is 38.5 Å². The van der Waals surface area contributed by atoms with Crippen LogP contribution in [0.3, 0.4) is 0 Å². The number of primary amides is 1. The Bertz CT molecular complexity index is 608. The molecule has 7 heteroatoms. The number of carbonyl (C=O) groups excluding carboxylic acids is 2. The zero-order valence-electron chi connectivity index (χ0n) is 9.47. The molecule has 0 saturated heterocycles. The summed E-state index contributed by atoms with van der Waals surface area (Å²) in [6, 6.07) is 5.13. The van der Waals surface area contributed by atoms with Gasteiger partial charge in [0.05, 0.1) is 10.2 Å². The van der Waals surface area contributed by atoms with Gasteiger partial charge in [-0.1, -0.05) is 11.3 Å². The van der Waals surface area contributed by atoms with E-state index >= 15 is 0 Å². The van der Waals surface area contributed by atoms with Crippen molar-refractivity contribution in [2.75, 3.05) is 12.3 Å². The minimum absolute atomic E-state index is 0.126. The lowest BCUT2D eigenvalue weighted by atomic mass is 10.2.